The van der Waals surface area contributed by atoms with E-state index in [0.717, 1.165) is 38.5 Å². The van der Waals surface area contributed by atoms with E-state index in [0.29, 0.717) is 23.9 Å². The van der Waals surface area contributed by atoms with E-state index in [1.54, 1.807) is 0 Å². The minimum atomic E-state index is -4.55. The maximum atomic E-state index is 12.8. The van der Waals surface area contributed by atoms with E-state index < -0.39 is 20.0 Å². The summed E-state index contributed by atoms with van der Waals surface area (Å²) in [7, 11) is 1.31. The van der Waals surface area contributed by atoms with Crippen LogP contribution in [0.3, 0.4) is 0 Å². The van der Waals surface area contributed by atoms with Gasteiger partial charge in [-0.25, -0.2) is 0 Å². The number of likely N-dealkylation sites (N-methyl/N-ethyl adjacent to an activating group) is 1. The molecule has 0 aliphatic rings. The summed E-state index contributed by atoms with van der Waals surface area (Å²) in [6, 6.07) is -0.791. The number of hydrogen-bond acceptors (Lipinski definition) is 6. The molecule has 8 nitrogen and oxygen atoms in total. The number of phosphoric acid groups is 1. The molecule has 48 heavy (non-hydrogen) atoms. The highest BCUT2D eigenvalue weighted by molar-refractivity contribution is 7.45. The van der Waals surface area contributed by atoms with Crippen LogP contribution in [0.5, 0.6) is 0 Å². The van der Waals surface area contributed by atoms with Crippen LogP contribution in [-0.2, 0) is 18.4 Å². The van der Waals surface area contributed by atoms with Crippen molar-refractivity contribution < 1.29 is 32.9 Å². The Morgan fingerprint density at radius 3 is 1.42 bits per heavy atom. The second-order valence-electron chi connectivity index (χ2n) is 15.4. The van der Waals surface area contributed by atoms with Crippen molar-refractivity contribution in [3.63, 3.8) is 0 Å². The molecule has 0 saturated carbocycles. The smallest absolute Gasteiger partial charge is 0.268 e. The zero-order valence-corrected chi connectivity index (χ0v) is 33.4. The number of aliphatic hydroxyl groups is 1. The minimum Gasteiger partial charge on any atom is -0.756 e. The number of quaternary nitrogens is 1. The van der Waals surface area contributed by atoms with E-state index in [4.69, 9.17) is 9.05 Å². The van der Waals surface area contributed by atoms with Crippen LogP contribution in [0.2, 0.25) is 0 Å². The van der Waals surface area contributed by atoms with Crippen molar-refractivity contribution in [1.29, 1.82) is 0 Å². The van der Waals surface area contributed by atoms with Gasteiger partial charge in [0, 0.05) is 6.42 Å². The Kier molecular flexibility index (Phi) is 32.1. The maximum Gasteiger partial charge on any atom is 0.268 e. The Labute approximate surface area is 298 Å². The van der Waals surface area contributed by atoms with Gasteiger partial charge in [0.05, 0.1) is 39.9 Å². The molecular formula is C39H81N2O6P. The molecular weight excluding hydrogens is 623 g/mol. The number of carbonyl (C=O) groups excluding carboxylic acids is 1. The molecule has 3 unspecified atom stereocenters. The molecule has 3 atom stereocenters. The van der Waals surface area contributed by atoms with Crippen molar-refractivity contribution in [1.82, 2.24) is 5.32 Å². The number of nitrogens with zero attached hydrogens (tertiary/aromatic N) is 1. The van der Waals surface area contributed by atoms with Gasteiger partial charge in [-0.3, -0.25) is 9.36 Å². The summed E-state index contributed by atoms with van der Waals surface area (Å²) in [4.78, 5) is 25.2. The lowest BCUT2D eigenvalue weighted by Gasteiger charge is -2.30. The van der Waals surface area contributed by atoms with Crippen molar-refractivity contribution in [2.75, 3.05) is 40.9 Å². The van der Waals surface area contributed by atoms with E-state index in [1.165, 1.54) is 128 Å². The molecule has 0 heterocycles. The zero-order chi connectivity index (χ0) is 35.8. The Hall–Kier alpha value is -0.500. The Balaban J connectivity index is 4.38. The fourth-order valence-corrected chi connectivity index (χ4v) is 6.76. The van der Waals surface area contributed by atoms with Crippen molar-refractivity contribution in [2.45, 2.75) is 206 Å². The van der Waals surface area contributed by atoms with Gasteiger partial charge in [-0.1, -0.05) is 174 Å². The number of hydrogen-bond donors (Lipinski definition) is 2. The monoisotopic (exact) mass is 705 g/mol. The van der Waals surface area contributed by atoms with Crippen LogP contribution in [0, 0.1) is 0 Å². The van der Waals surface area contributed by atoms with Crippen LogP contribution in [0.25, 0.3) is 0 Å². The number of phosphoric ester groups is 1. The number of rotatable bonds is 37. The third-order valence-corrected chi connectivity index (χ3v) is 10.3. The molecule has 0 aliphatic heterocycles. The number of aliphatic hydroxyl groups excluding tert-OH is 1. The van der Waals surface area contributed by atoms with Crippen LogP contribution in [-0.4, -0.2) is 68.5 Å². The van der Waals surface area contributed by atoms with Gasteiger partial charge in [-0.2, -0.15) is 0 Å². The highest BCUT2D eigenvalue weighted by Gasteiger charge is 2.24. The quantitative estimate of drug-likeness (QED) is 0.0379. The summed E-state index contributed by atoms with van der Waals surface area (Å²) < 4.78 is 23.2. The first kappa shape index (κ1) is 47.5. The van der Waals surface area contributed by atoms with E-state index >= 15 is 0 Å². The van der Waals surface area contributed by atoms with Crippen LogP contribution in [0.15, 0.2) is 0 Å². The predicted molar refractivity (Wildman–Crippen MR) is 201 cm³/mol. The summed E-state index contributed by atoms with van der Waals surface area (Å²) in [5, 5.41) is 13.8. The largest absolute Gasteiger partial charge is 0.756 e. The molecule has 0 aromatic carbocycles. The topological polar surface area (TPSA) is 108 Å². The summed E-state index contributed by atoms with van der Waals surface area (Å²) in [5.41, 5.74) is 0. The molecule has 288 valence electrons. The predicted octanol–water partition coefficient (Wildman–Crippen LogP) is 10.0. The van der Waals surface area contributed by atoms with Crippen molar-refractivity contribution >= 4 is 13.7 Å². The standard InChI is InChI=1S/C39H81N2O6P/c1-6-8-10-12-14-16-18-19-20-21-23-25-27-29-31-33-39(43)40-37(36-47-48(44,45)46-35-34-41(3,4)5)38(42)32-30-28-26-24-22-17-15-13-11-9-7-2/h37-38,42H,6-36H2,1-5H3,(H-,40,43,44,45). The molecule has 0 radical (unpaired) electrons. The molecule has 1 amide bonds. The van der Waals surface area contributed by atoms with Gasteiger partial charge in [-0.05, 0) is 12.8 Å². The van der Waals surface area contributed by atoms with Gasteiger partial charge in [0.15, 0.2) is 0 Å². The number of nitrogens with one attached hydrogen (secondary N) is 1. The van der Waals surface area contributed by atoms with E-state index in [9.17, 15) is 19.4 Å². The first-order valence-corrected chi connectivity index (χ1v) is 21.8. The first-order chi connectivity index (χ1) is 23.0. The minimum absolute atomic E-state index is 0.0157. The van der Waals surface area contributed by atoms with Crippen molar-refractivity contribution in [3.8, 4) is 0 Å². The molecule has 0 spiro atoms. The highest BCUT2D eigenvalue weighted by atomic mass is 31.2. The highest BCUT2D eigenvalue weighted by Crippen LogP contribution is 2.38. The maximum absolute atomic E-state index is 12.8. The molecule has 9 heteroatoms. The molecule has 0 saturated heterocycles. The van der Waals surface area contributed by atoms with Crippen LogP contribution in [0.4, 0.5) is 0 Å². The SMILES string of the molecule is CCCCCCCCCCCCCCCCCC(=O)NC(COP(=O)([O-])OCC[N+](C)(C)C)C(O)CCCCCCCCCCCCC. The van der Waals surface area contributed by atoms with Crippen LogP contribution < -0.4 is 10.2 Å². The van der Waals surface area contributed by atoms with Crippen LogP contribution in [0.1, 0.15) is 194 Å². The molecule has 0 aliphatic carbocycles. The van der Waals surface area contributed by atoms with Gasteiger partial charge in [0.25, 0.3) is 7.82 Å². The van der Waals surface area contributed by atoms with Gasteiger partial charge in [0.1, 0.15) is 13.2 Å². The van der Waals surface area contributed by atoms with Crippen molar-refractivity contribution in [2.24, 2.45) is 0 Å². The Morgan fingerprint density at radius 2 is 1.02 bits per heavy atom. The Bertz CT molecular complexity index is 763. The molecule has 0 aromatic rings. The molecule has 2 N–H and O–H groups in total. The van der Waals surface area contributed by atoms with E-state index in [-0.39, 0.29) is 19.1 Å². The fourth-order valence-electron chi connectivity index (χ4n) is 6.04. The lowest BCUT2D eigenvalue weighted by Crippen LogP contribution is -2.46. The van der Waals surface area contributed by atoms with Gasteiger partial charge in [0.2, 0.25) is 5.91 Å². The Morgan fingerprint density at radius 1 is 0.646 bits per heavy atom. The molecule has 0 fully saturated rings. The van der Waals surface area contributed by atoms with Crippen molar-refractivity contribution in [3.05, 3.63) is 0 Å². The zero-order valence-electron chi connectivity index (χ0n) is 32.5. The van der Waals surface area contributed by atoms with Gasteiger partial charge in [-0.15, -0.1) is 0 Å². The second-order valence-corrected chi connectivity index (χ2v) is 16.8. The number of unbranched alkanes of at least 4 members (excludes halogenated alkanes) is 24. The number of amides is 1. The molecule has 0 rings (SSSR count). The van der Waals surface area contributed by atoms with Crippen LogP contribution >= 0.6 is 7.82 Å². The van der Waals surface area contributed by atoms with Gasteiger partial charge < -0.3 is 28.8 Å². The average molecular weight is 705 g/mol. The average Bonchev–Trinajstić information content (AvgIpc) is 3.02. The number of carbonyl (C=O) groups is 1. The third-order valence-electron chi connectivity index (χ3n) is 9.35. The fraction of sp³-hybridized carbons (Fsp3) is 0.974. The molecule has 0 aromatic heterocycles. The summed E-state index contributed by atoms with van der Waals surface area (Å²) in [5.74, 6) is -0.164. The third kappa shape index (κ3) is 34.0. The van der Waals surface area contributed by atoms with E-state index in [1.807, 2.05) is 21.1 Å². The lowest BCUT2D eigenvalue weighted by molar-refractivity contribution is -0.870. The van der Waals surface area contributed by atoms with E-state index in [2.05, 4.69) is 19.2 Å². The summed E-state index contributed by atoms with van der Waals surface area (Å²) in [6.45, 7) is 4.71. The first-order valence-electron chi connectivity index (χ1n) is 20.4. The summed E-state index contributed by atoms with van der Waals surface area (Å²) in [6.07, 6.45) is 32.4. The summed E-state index contributed by atoms with van der Waals surface area (Å²) >= 11 is 0. The lowest BCUT2D eigenvalue weighted by atomic mass is 10.0. The normalized spacial score (nSPS) is 14.6. The second kappa shape index (κ2) is 32.4. The molecule has 0 bridgehead atoms. The van der Waals surface area contributed by atoms with Gasteiger partial charge >= 0.3 is 0 Å².